The quantitative estimate of drug-likeness (QED) is 0.157. The number of likely N-dealkylation sites (N-methyl/N-ethyl adjacent to an activating group) is 1. The second-order valence-corrected chi connectivity index (χ2v) is 10.5. The summed E-state index contributed by atoms with van der Waals surface area (Å²) in [6.45, 7) is 5.31. The van der Waals surface area contributed by atoms with Gasteiger partial charge in [0, 0.05) is 37.6 Å². The third-order valence-corrected chi connectivity index (χ3v) is 7.60. The number of hydrogen-bond donors (Lipinski definition) is 0. The summed E-state index contributed by atoms with van der Waals surface area (Å²) in [6, 6.07) is 30.0. The zero-order chi connectivity index (χ0) is 31.7. The van der Waals surface area contributed by atoms with Crippen LogP contribution >= 0.6 is 0 Å². The molecule has 4 aromatic rings. The minimum absolute atomic E-state index is 0.114. The van der Waals surface area contributed by atoms with E-state index in [4.69, 9.17) is 9.47 Å². The molecule has 0 radical (unpaired) electrons. The largest absolute Gasteiger partial charge is 0.493 e. The highest BCUT2D eigenvalue weighted by Gasteiger charge is 2.32. The van der Waals surface area contributed by atoms with Crippen molar-refractivity contribution < 1.29 is 27.4 Å². The number of amides is 1. The molecular formula is C36H37F3N2O3. The Morgan fingerprint density at radius 1 is 0.773 bits per heavy atom. The van der Waals surface area contributed by atoms with Crippen LogP contribution in [0.4, 0.5) is 18.9 Å². The van der Waals surface area contributed by atoms with Gasteiger partial charge in [-0.25, -0.2) is 0 Å². The van der Waals surface area contributed by atoms with Gasteiger partial charge in [-0.3, -0.25) is 4.79 Å². The lowest BCUT2D eigenvalue weighted by atomic mass is 9.93. The number of carbonyl (C=O) groups is 1. The van der Waals surface area contributed by atoms with Gasteiger partial charge in [-0.05, 0) is 53.8 Å². The molecule has 0 N–H and O–H groups in total. The summed E-state index contributed by atoms with van der Waals surface area (Å²) >= 11 is 0. The van der Waals surface area contributed by atoms with E-state index in [0.29, 0.717) is 48.8 Å². The average Bonchev–Trinajstić information content (AvgIpc) is 3.04. The highest BCUT2D eigenvalue weighted by molar-refractivity contribution is 5.88. The maximum atomic E-state index is 14.2. The lowest BCUT2D eigenvalue weighted by Gasteiger charge is -2.34. The summed E-state index contributed by atoms with van der Waals surface area (Å²) in [4.78, 5) is 17.8. The van der Waals surface area contributed by atoms with Crippen LogP contribution in [0, 0.1) is 0 Å². The molecule has 0 heterocycles. The average molecular weight is 603 g/mol. The number of carbonyl (C=O) groups excluding carboxylic acids is 1. The van der Waals surface area contributed by atoms with E-state index in [0.717, 1.165) is 28.8 Å². The molecule has 0 spiro atoms. The normalized spacial score (nSPS) is 11.9. The van der Waals surface area contributed by atoms with Gasteiger partial charge in [-0.2, -0.15) is 13.2 Å². The molecule has 4 aromatic carbocycles. The maximum Gasteiger partial charge on any atom is 0.416 e. The van der Waals surface area contributed by atoms with Crippen molar-refractivity contribution in [2.45, 2.75) is 24.9 Å². The molecule has 0 aliphatic heterocycles. The molecule has 0 aromatic heterocycles. The number of methoxy groups -OCH3 is 2. The number of hydrogen-bond acceptors (Lipinski definition) is 4. The molecular weight excluding hydrogens is 565 g/mol. The Balaban J connectivity index is 1.68. The van der Waals surface area contributed by atoms with Crippen molar-refractivity contribution in [2.75, 3.05) is 39.3 Å². The van der Waals surface area contributed by atoms with E-state index in [2.05, 4.69) is 6.58 Å². The van der Waals surface area contributed by atoms with Gasteiger partial charge in [0.25, 0.3) is 0 Å². The van der Waals surface area contributed by atoms with Crippen LogP contribution in [0.25, 0.3) is 0 Å². The van der Waals surface area contributed by atoms with Crippen LogP contribution in [0.3, 0.4) is 0 Å². The van der Waals surface area contributed by atoms with Gasteiger partial charge in [0.15, 0.2) is 11.5 Å². The Morgan fingerprint density at radius 2 is 1.34 bits per heavy atom. The second-order valence-electron chi connectivity index (χ2n) is 10.5. The zero-order valence-electron chi connectivity index (χ0n) is 25.2. The van der Waals surface area contributed by atoms with Gasteiger partial charge in [-0.1, -0.05) is 79.4 Å². The fourth-order valence-corrected chi connectivity index (χ4v) is 5.08. The molecule has 0 bridgehead atoms. The second kappa shape index (κ2) is 14.6. The molecule has 8 heteroatoms. The molecule has 1 atom stereocenters. The smallest absolute Gasteiger partial charge is 0.416 e. The van der Waals surface area contributed by atoms with E-state index >= 15 is 0 Å². The minimum Gasteiger partial charge on any atom is -0.493 e. The van der Waals surface area contributed by atoms with Gasteiger partial charge in [0.05, 0.1) is 19.8 Å². The van der Waals surface area contributed by atoms with Crippen LogP contribution in [0.1, 0.15) is 28.2 Å². The predicted molar refractivity (Wildman–Crippen MR) is 168 cm³/mol. The summed E-state index contributed by atoms with van der Waals surface area (Å²) in [5.41, 5.74) is 3.18. The van der Waals surface area contributed by atoms with Crippen molar-refractivity contribution >= 4 is 11.6 Å². The number of nitrogens with zero attached hydrogens (tertiary/aromatic N) is 2. The van der Waals surface area contributed by atoms with Crippen molar-refractivity contribution in [1.29, 1.82) is 0 Å². The lowest BCUT2D eigenvalue weighted by molar-refractivity contribution is -0.137. The summed E-state index contributed by atoms with van der Waals surface area (Å²) in [5, 5.41) is 0. The van der Waals surface area contributed by atoms with E-state index < -0.39 is 17.7 Å². The van der Waals surface area contributed by atoms with Gasteiger partial charge < -0.3 is 19.3 Å². The Hall–Kier alpha value is -4.72. The summed E-state index contributed by atoms with van der Waals surface area (Å²) in [6.07, 6.45) is -3.30. The fraction of sp³-hybridized carbons (Fsp3) is 0.250. The van der Waals surface area contributed by atoms with Crippen molar-refractivity contribution in [2.24, 2.45) is 0 Å². The molecule has 0 aliphatic rings. The van der Waals surface area contributed by atoms with Crippen LogP contribution < -0.4 is 14.4 Å². The maximum absolute atomic E-state index is 14.2. The van der Waals surface area contributed by atoms with Gasteiger partial charge in [-0.15, -0.1) is 0 Å². The first-order valence-corrected chi connectivity index (χ1v) is 14.3. The molecule has 230 valence electrons. The van der Waals surface area contributed by atoms with E-state index in [1.54, 1.807) is 32.2 Å². The van der Waals surface area contributed by atoms with E-state index in [1.807, 2.05) is 77.7 Å². The first kappa shape index (κ1) is 32.2. The first-order valence-electron chi connectivity index (χ1n) is 14.3. The number of alkyl halides is 3. The first-order chi connectivity index (χ1) is 21.1. The zero-order valence-corrected chi connectivity index (χ0v) is 25.2. The summed E-state index contributed by atoms with van der Waals surface area (Å²) in [7, 11) is 4.88. The summed E-state index contributed by atoms with van der Waals surface area (Å²) in [5.74, 6) is 0.218. The van der Waals surface area contributed by atoms with Crippen molar-refractivity contribution in [3.8, 4) is 11.5 Å². The van der Waals surface area contributed by atoms with Crippen molar-refractivity contribution in [3.05, 3.63) is 138 Å². The molecule has 1 unspecified atom stereocenters. The van der Waals surface area contributed by atoms with Crippen LogP contribution in [0.15, 0.2) is 115 Å². The van der Waals surface area contributed by atoms with Crippen molar-refractivity contribution in [3.63, 3.8) is 0 Å². The Labute approximate surface area is 257 Å². The molecule has 1 amide bonds. The lowest BCUT2D eigenvalue weighted by Crippen LogP contribution is -2.38. The number of anilines is 1. The molecule has 0 aliphatic carbocycles. The van der Waals surface area contributed by atoms with Crippen LogP contribution in [0.5, 0.6) is 11.5 Å². The Kier molecular flexibility index (Phi) is 10.7. The Morgan fingerprint density at radius 3 is 1.93 bits per heavy atom. The standard InChI is InChI=1S/C36H37F3N2O3/c1-26(34(29-13-9-6-10-14-29)35(42)40(2)23-21-27-11-7-5-8-12-27)41(31-19-20-32(43-3)33(25-31)44-4)24-22-28-15-17-30(18-16-28)36(37,38)39/h5-20,25,34H,1,21-24H2,2-4H3. The highest BCUT2D eigenvalue weighted by atomic mass is 19.4. The van der Waals surface area contributed by atoms with E-state index in [1.165, 1.54) is 12.1 Å². The Bertz CT molecular complexity index is 1520. The fourth-order valence-electron chi connectivity index (χ4n) is 5.08. The molecule has 44 heavy (non-hydrogen) atoms. The van der Waals surface area contributed by atoms with E-state index in [-0.39, 0.29) is 5.91 Å². The van der Waals surface area contributed by atoms with Crippen LogP contribution in [-0.2, 0) is 23.8 Å². The monoisotopic (exact) mass is 602 g/mol. The molecule has 0 saturated carbocycles. The van der Waals surface area contributed by atoms with Crippen LogP contribution in [0.2, 0.25) is 0 Å². The van der Waals surface area contributed by atoms with E-state index in [9.17, 15) is 18.0 Å². The summed E-state index contributed by atoms with van der Waals surface area (Å²) < 4.78 is 50.5. The predicted octanol–water partition coefficient (Wildman–Crippen LogP) is 7.77. The highest BCUT2D eigenvalue weighted by Crippen LogP contribution is 2.37. The van der Waals surface area contributed by atoms with Gasteiger partial charge >= 0.3 is 6.18 Å². The molecule has 0 saturated heterocycles. The SMILES string of the molecule is C=C(C(C(=O)N(C)CCc1ccccc1)c1ccccc1)N(CCc1ccc(C(F)(F)F)cc1)c1ccc(OC)c(OC)c1. The number of benzene rings is 4. The number of halogens is 3. The van der Waals surface area contributed by atoms with Crippen molar-refractivity contribution in [1.82, 2.24) is 4.90 Å². The number of rotatable bonds is 13. The molecule has 5 nitrogen and oxygen atoms in total. The molecule has 0 fully saturated rings. The van der Waals surface area contributed by atoms with Gasteiger partial charge in [0.2, 0.25) is 5.91 Å². The topological polar surface area (TPSA) is 42.0 Å². The number of ether oxygens (including phenoxy) is 2. The third kappa shape index (κ3) is 8.01. The molecule has 4 rings (SSSR count). The van der Waals surface area contributed by atoms with Crippen LogP contribution in [-0.4, -0.2) is 45.2 Å². The third-order valence-electron chi connectivity index (χ3n) is 7.60. The van der Waals surface area contributed by atoms with Gasteiger partial charge in [0.1, 0.15) is 5.92 Å². The minimum atomic E-state index is -4.41.